The van der Waals surface area contributed by atoms with Gasteiger partial charge in [0, 0.05) is 18.0 Å². The normalized spacial score (nSPS) is 24.6. The third-order valence-electron chi connectivity index (χ3n) is 5.68. The quantitative estimate of drug-likeness (QED) is 0.684. The zero-order chi connectivity index (χ0) is 19.4. The Kier molecular flexibility index (Phi) is 6.83. The highest BCUT2D eigenvalue weighted by Gasteiger charge is 2.29. The van der Waals surface area contributed by atoms with Gasteiger partial charge in [0.05, 0.1) is 17.8 Å². The molecule has 1 aromatic heterocycles. The van der Waals surface area contributed by atoms with Gasteiger partial charge in [-0.15, -0.1) is 11.3 Å². The summed E-state index contributed by atoms with van der Waals surface area (Å²) in [5.74, 6) is 0.497. The molecule has 2 aliphatic heterocycles. The average Bonchev–Trinajstić information content (AvgIpc) is 3.30. The van der Waals surface area contributed by atoms with Crippen LogP contribution in [0.3, 0.4) is 0 Å². The molecule has 2 aliphatic rings. The van der Waals surface area contributed by atoms with Crippen LogP contribution in [0.1, 0.15) is 43.2 Å². The summed E-state index contributed by atoms with van der Waals surface area (Å²) in [6, 6.07) is -0.232. The molecule has 3 rings (SSSR count). The number of carbonyl (C=O) groups excluding carboxylic acids is 2. The number of nitrogens with zero attached hydrogens (tertiary/aromatic N) is 2. The van der Waals surface area contributed by atoms with Crippen LogP contribution in [0.4, 0.5) is 5.13 Å². The highest BCUT2D eigenvalue weighted by atomic mass is 32.1. The van der Waals surface area contributed by atoms with Gasteiger partial charge in [-0.1, -0.05) is 0 Å². The molecular formula is C19H31N5O2S. The molecule has 0 bridgehead atoms. The number of amides is 2. The first kappa shape index (κ1) is 20.2. The lowest BCUT2D eigenvalue weighted by atomic mass is 9.96. The summed E-state index contributed by atoms with van der Waals surface area (Å²) in [6.07, 6.45) is 4.14. The topological polar surface area (TPSA) is 86.4 Å². The third-order valence-corrected chi connectivity index (χ3v) is 6.67. The number of hydrogen-bond donors (Lipinski definition) is 3. The van der Waals surface area contributed by atoms with Crippen LogP contribution < -0.4 is 16.0 Å². The Morgan fingerprint density at radius 1 is 1.33 bits per heavy atom. The first-order valence-electron chi connectivity index (χ1n) is 9.94. The monoisotopic (exact) mass is 393 g/mol. The molecule has 3 atom stereocenters. The first-order chi connectivity index (χ1) is 12.9. The van der Waals surface area contributed by atoms with E-state index in [0.717, 1.165) is 55.9 Å². The zero-order valence-electron chi connectivity index (χ0n) is 16.5. The van der Waals surface area contributed by atoms with E-state index in [1.54, 1.807) is 0 Å². The number of aromatic nitrogens is 1. The largest absolute Gasteiger partial charge is 0.354 e. The van der Waals surface area contributed by atoms with Crippen molar-refractivity contribution in [2.45, 2.75) is 58.5 Å². The number of piperidine rings is 1. The van der Waals surface area contributed by atoms with Crippen molar-refractivity contribution in [1.82, 2.24) is 20.5 Å². The number of likely N-dealkylation sites (tertiary alicyclic amines) is 1. The van der Waals surface area contributed by atoms with Crippen LogP contribution in [-0.2, 0) is 9.59 Å². The van der Waals surface area contributed by atoms with Crippen LogP contribution in [0.25, 0.3) is 0 Å². The SMILES string of the molecule is Cc1nc(NC(=O)C(C)N2CCCC(CNC(=O)C3CCCN3)C2)sc1C. The van der Waals surface area contributed by atoms with E-state index in [1.165, 1.54) is 11.3 Å². The number of thiazole rings is 1. The fourth-order valence-corrected chi connectivity index (χ4v) is 4.61. The van der Waals surface area contributed by atoms with Crippen molar-refractivity contribution in [3.63, 3.8) is 0 Å². The van der Waals surface area contributed by atoms with Crippen molar-refractivity contribution in [1.29, 1.82) is 0 Å². The van der Waals surface area contributed by atoms with E-state index >= 15 is 0 Å². The van der Waals surface area contributed by atoms with E-state index in [1.807, 2.05) is 20.8 Å². The maximum Gasteiger partial charge on any atom is 0.243 e. The van der Waals surface area contributed by atoms with Gasteiger partial charge in [0.15, 0.2) is 5.13 Å². The Hall–Kier alpha value is -1.51. The molecule has 150 valence electrons. The van der Waals surface area contributed by atoms with Crippen molar-refractivity contribution in [3.8, 4) is 0 Å². The molecule has 3 N–H and O–H groups in total. The Morgan fingerprint density at radius 2 is 2.15 bits per heavy atom. The van der Waals surface area contributed by atoms with Gasteiger partial charge >= 0.3 is 0 Å². The standard InChI is InChI=1S/C19H31N5O2S/c1-12-14(3)27-19(22-12)23-17(25)13(2)24-9-5-6-15(11-24)10-21-18(26)16-7-4-8-20-16/h13,15-16,20H,4-11H2,1-3H3,(H,21,26)(H,22,23,25). The Bertz CT molecular complexity index is 652. The lowest BCUT2D eigenvalue weighted by Gasteiger charge is -2.36. The van der Waals surface area contributed by atoms with Gasteiger partial charge in [-0.2, -0.15) is 0 Å². The van der Waals surface area contributed by atoms with Crippen molar-refractivity contribution >= 4 is 28.3 Å². The van der Waals surface area contributed by atoms with Crippen molar-refractivity contribution in [2.75, 3.05) is 31.5 Å². The van der Waals surface area contributed by atoms with Gasteiger partial charge in [-0.25, -0.2) is 4.98 Å². The number of nitrogens with one attached hydrogen (secondary N) is 3. The molecule has 2 saturated heterocycles. The van der Waals surface area contributed by atoms with Crippen LogP contribution in [0.15, 0.2) is 0 Å². The summed E-state index contributed by atoms with van der Waals surface area (Å²) < 4.78 is 0. The van der Waals surface area contributed by atoms with Crippen LogP contribution in [0.2, 0.25) is 0 Å². The first-order valence-corrected chi connectivity index (χ1v) is 10.8. The summed E-state index contributed by atoms with van der Waals surface area (Å²) in [7, 11) is 0. The van der Waals surface area contributed by atoms with Gasteiger partial charge in [-0.05, 0) is 65.5 Å². The van der Waals surface area contributed by atoms with Crippen molar-refractivity contribution in [3.05, 3.63) is 10.6 Å². The molecule has 0 radical (unpaired) electrons. The van der Waals surface area contributed by atoms with E-state index in [4.69, 9.17) is 0 Å². The number of aryl methyl sites for hydroxylation is 2. The minimum absolute atomic E-state index is 0.0106. The highest BCUT2D eigenvalue weighted by Crippen LogP contribution is 2.23. The Morgan fingerprint density at radius 3 is 2.81 bits per heavy atom. The Labute approximate surface area is 165 Å². The maximum atomic E-state index is 12.6. The van der Waals surface area contributed by atoms with E-state index in [0.29, 0.717) is 17.6 Å². The molecular weight excluding hydrogens is 362 g/mol. The summed E-state index contributed by atoms with van der Waals surface area (Å²) in [5, 5.41) is 9.95. The van der Waals surface area contributed by atoms with E-state index in [-0.39, 0.29) is 23.9 Å². The molecule has 3 unspecified atom stereocenters. The van der Waals surface area contributed by atoms with Gasteiger partial charge in [0.1, 0.15) is 0 Å². The molecule has 3 heterocycles. The molecule has 2 fully saturated rings. The fourth-order valence-electron chi connectivity index (χ4n) is 3.79. The van der Waals surface area contributed by atoms with Crippen molar-refractivity contribution in [2.24, 2.45) is 5.92 Å². The smallest absolute Gasteiger partial charge is 0.243 e. The molecule has 0 saturated carbocycles. The molecule has 0 aliphatic carbocycles. The molecule has 27 heavy (non-hydrogen) atoms. The van der Waals surface area contributed by atoms with Gasteiger partial charge in [-0.3, -0.25) is 14.5 Å². The number of hydrogen-bond acceptors (Lipinski definition) is 6. The molecule has 1 aromatic rings. The zero-order valence-corrected chi connectivity index (χ0v) is 17.3. The second-order valence-electron chi connectivity index (χ2n) is 7.72. The lowest BCUT2D eigenvalue weighted by Crippen LogP contribution is -2.50. The molecule has 2 amide bonds. The minimum Gasteiger partial charge on any atom is -0.354 e. The fraction of sp³-hybridized carbons (Fsp3) is 0.737. The van der Waals surface area contributed by atoms with E-state index in [2.05, 4.69) is 25.8 Å². The van der Waals surface area contributed by atoms with Gasteiger partial charge in [0.2, 0.25) is 11.8 Å². The molecule has 0 aromatic carbocycles. The van der Waals surface area contributed by atoms with Gasteiger partial charge in [0.25, 0.3) is 0 Å². The summed E-state index contributed by atoms with van der Waals surface area (Å²) >= 11 is 1.52. The van der Waals surface area contributed by atoms with Crippen LogP contribution >= 0.6 is 11.3 Å². The van der Waals surface area contributed by atoms with E-state index in [9.17, 15) is 9.59 Å². The average molecular weight is 394 g/mol. The maximum absolute atomic E-state index is 12.6. The molecule has 0 spiro atoms. The predicted octanol–water partition coefficient (Wildman–Crippen LogP) is 1.67. The second kappa shape index (κ2) is 9.12. The highest BCUT2D eigenvalue weighted by molar-refractivity contribution is 7.15. The molecule has 7 nitrogen and oxygen atoms in total. The molecule has 8 heteroatoms. The summed E-state index contributed by atoms with van der Waals surface area (Å²) in [4.78, 5) is 32.5. The third kappa shape index (κ3) is 5.27. The van der Waals surface area contributed by atoms with Gasteiger partial charge < -0.3 is 16.0 Å². The number of anilines is 1. The van der Waals surface area contributed by atoms with Crippen molar-refractivity contribution < 1.29 is 9.59 Å². The summed E-state index contributed by atoms with van der Waals surface area (Å²) in [5.41, 5.74) is 0.966. The number of carbonyl (C=O) groups is 2. The lowest BCUT2D eigenvalue weighted by molar-refractivity contribution is -0.124. The Balaban J connectivity index is 1.47. The van der Waals surface area contributed by atoms with Crippen LogP contribution in [0.5, 0.6) is 0 Å². The summed E-state index contributed by atoms with van der Waals surface area (Å²) in [6.45, 7) is 9.28. The van der Waals surface area contributed by atoms with E-state index < -0.39 is 0 Å². The second-order valence-corrected chi connectivity index (χ2v) is 8.93. The van der Waals surface area contributed by atoms with Crippen LogP contribution in [0, 0.1) is 19.8 Å². The predicted molar refractivity (Wildman–Crippen MR) is 108 cm³/mol. The number of rotatable bonds is 6. The van der Waals surface area contributed by atoms with Crippen LogP contribution in [-0.4, -0.2) is 60.0 Å². The minimum atomic E-state index is -0.204.